The van der Waals surface area contributed by atoms with Crippen molar-refractivity contribution in [1.82, 2.24) is 59.8 Å². The van der Waals surface area contributed by atoms with Gasteiger partial charge in [-0.05, 0) is 243 Å². The Bertz CT molecular complexity index is 6610. The molecule has 112 heavy (non-hydrogen) atoms. The molecule has 0 fully saturated rings. The fourth-order valence-electron chi connectivity index (χ4n) is 15.9. The first kappa shape index (κ1) is 68.1. The summed E-state index contributed by atoms with van der Waals surface area (Å²) in [6, 6.07) is 75.8. The normalized spacial score (nSPS) is 12.2. The van der Waals surface area contributed by atoms with Crippen LogP contribution in [-0.4, -0.2) is 59.8 Å². The van der Waals surface area contributed by atoms with Crippen LogP contribution in [0.4, 0.5) is 0 Å². The molecule has 19 rings (SSSR count). The number of aromatic amines is 8. The fourth-order valence-corrected chi connectivity index (χ4v) is 15.9. The molecule has 0 saturated carbocycles. The summed E-state index contributed by atoms with van der Waals surface area (Å²) < 4.78 is 0. The number of H-pyrrole nitrogens is 8. The van der Waals surface area contributed by atoms with Crippen molar-refractivity contribution in [3.8, 4) is 44.5 Å². The minimum Gasteiger partial charge on any atom is -0.354 e. The van der Waals surface area contributed by atoms with Crippen LogP contribution in [0, 0.1) is 55.4 Å². The summed E-state index contributed by atoms with van der Waals surface area (Å²) in [6.07, 6.45) is 16.7. The molecule has 0 amide bonds. The lowest BCUT2D eigenvalue weighted by molar-refractivity contribution is 1.15. The molecule has 28 bridgehead atoms. The van der Waals surface area contributed by atoms with Gasteiger partial charge in [0.15, 0.2) is 0 Å². The molecule has 14 nitrogen and oxygen atoms in total. The first-order chi connectivity index (χ1) is 54.5. The SMILES string of the molecule is Cc1ccc(-c2c3nc(c(-c4ccc(C)cc4)c4ccc([nH]4)c4c5nc(c(c6ccc(C)c(c6)[nH]c(=O)[nH]c6cc(ccc6C)c6c7nc(c(c8ccc(C)c(c8)[nH]c(=O)[nH]c8cc4ccc8C)c4ccc([nH]4)c(-c4ccc(C)cc4)c4nc(c(-c8ccc(C)cc8)c8ccc6[nH]8)C=C4)C=C7)c4ccc2[nH]4)C=C5)C=C3)cc1. The molecule has 540 valence electrons. The number of aryl methyl sites for hydroxylation is 8. The fraction of sp³-hybridized carbons (Fsp3) is 0.0816. The lowest BCUT2D eigenvalue weighted by Gasteiger charge is -2.06. The number of nitrogens with one attached hydrogen (secondary N) is 8. The zero-order valence-electron chi connectivity index (χ0n) is 63.0. The number of hydrogen-bond donors (Lipinski definition) is 8. The number of fused-ring (bicyclic) bond motifs is 28. The highest BCUT2D eigenvalue weighted by Gasteiger charge is 2.21. The standard InChI is InChI=1S/C98H76N12O2/c1-53-9-21-61(22-10-53)89-69-33-34-70(99-69)90(62-23-11-54(2)12-24-62)74-38-42-78(102-74)94-66-30-18-58(6)86(50-66)109-98(112)110-88-52-68(32-20-60(88)8)96-80-44-40-76(104-80)92(64-27-15-56(4)16-28-64)72-36-35-71(100-72)91(63-25-13-55(3)14-26-63)75-39-43-79(103-75)95(83-47-48-84(96)106-83)67-31-19-59(7)87(51-67)108-97(111)107-85-49-65(29-17-57(85)5)93(77-41-37-73(89)101-77)81-45-46-82(94)105-81/h9-52,101-104H,1-8H3,(H2,107,108,111)(H2,109,110,112). The second kappa shape index (κ2) is 27.3. The van der Waals surface area contributed by atoms with E-state index in [1.165, 1.54) is 0 Å². The molecule has 0 unspecified atom stereocenters. The Hall–Kier alpha value is -14.5. The Labute approximate surface area is 643 Å². The molecule has 11 heterocycles. The van der Waals surface area contributed by atoms with Crippen molar-refractivity contribution in [2.24, 2.45) is 0 Å². The van der Waals surface area contributed by atoms with Crippen LogP contribution in [0.1, 0.15) is 90.1 Å². The molecule has 4 aliphatic rings. The van der Waals surface area contributed by atoms with Gasteiger partial charge in [0.05, 0.1) is 45.6 Å². The zero-order valence-corrected chi connectivity index (χ0v) is 63.0. The maximum Gasteiger partial charge on any atom is 0.323 e. The van der Waals surface area contributed by atoms with Crippen LogP contribution in [0.5, 0.6) is 0 Å². The Balaban J connectivity index is 0.972. The molecule has 0 radical (unpaired) electrons. The molecular weight excluding hydrogens is 1380 g/mol. The molecular formula is C98H76N12O2. The van der Waals surface area contributed by atoms with Gasteiger partial charge >= 0.3 is 11.4 Å². The lowest BCUT2D eigenvalue weighted by atomic mass is 10.0. The van der Waals surface area contributed by atoms with E-state index in [-0.39, 0.29) is 0 Å². The molecule has 0 saturated heterocycles. The first-order valence-electron chi connectivity index (χ1n) is 37.7. The molecule has 0 aliphatic carbocycles. The summed E-state index contributed by atoms with van der Waals surface area (Å²) in [5, 5.41) is 6.38. The van der Waals surface area contributed by atoms with Gasteiger partial charge in [0.2, 0.25) is 0 Å². The van der Waals surface area contributed by atoms with Crippen LogP contribution in [0.25, 0.3) is 202 Å². The molecule has 4 aliphatic heterocycles. The monoisotopic (exact) mass is 1450 g/mol. The molecule has 8 N–H and O–H groups in total. The Morgan fingerprint density at radius 3 is 0.616 bits per heavy atom. The van der Waals surface area contributed by atoms with Crippen molar-refractivity contribution in [3.05, 3.63) is 329 Å². The van der Waals surface area contributed by atoms with Gasteiger partial charge < -0.3 is 39.9 Å². The number of hydrogen-bond acceptors (Lipinski definition) is 6. The minimum absolute atomic E-state index is 0.426. The molecule has 0 spiro atoms. The van der Waals surface area contributed by atoms with Gasteiger partial charge in [-0.2, -0.15) is 0 Å². The average molecular weight is 1450 g/mol. The third kappa shape index (κ3) is 12.5. The van der Waals surface area contributed by atoms with E-state index in [1.54, 1.807) is 0 Å². The quantitative estimate of drug-likeness (QED) is 0.0858. The average Bonchev–Trinajstić information content (AvgIpc) is 1.60. The predicted octanol–water partition coefficient (Wildman–Crippen LogP) is 23.6. The summed E-state index contributed by atoms with van der Waals surface area (Å²) in [6.45, 7) is 16.4. The molecule has 0 atom stereocenters. The second-order valence-electron chi connectivity index (χ2n) is 29.7. The zero-order chi connectivity index (χ0) is 76.2. The van der Waals surface area contributed by atoms with Crippen molar-refractivity contribution in [2.75, 3.05) is 0 Å². The van der Waals surface area contributed by atoms with E-state index in [2.05, 4.69) is 286 Å². The van der Waals surface area contributed by atoms with Gasteiger partial charge in [0.1, 0.15) is 0 Å². The van der Waals surface area contributed by atoms with Crippen molar-refractivity contribution < 1.29 is 0 Å². The highest BCUT2D eigenvalue weighted by Crippen LogP contribution is 2.41. The van der Waals surface area contributed by atoms with Gasteiger partial charge in [-0.3, -0.25) is 0 Å². The number of rotatable bonds is 4. The number of nitrogens with zero attached hydrogens (tertiary/aromatic N) is 4. The van der Waals surface area contributed by atoms with E-state index in [1.807, 2.05) is 76.2 Å². The molecule has 8 aromatic carbocycles. The van der Waals surface area contributed by atoms with Crippen molar-refractivity contribution >= 4 is 158 Å². The largest absolute Gasteiger partial charge is 0.354 e. The van der Waals surface area contributed by atoms with E-state index < -0.39 is 11.4 Å². The smallest absolute Gasteiger partial charge is 0.323 e. The van der Waals surface area contributed by atoms with Crippen LogP contribution in [0.15, 0.2) is 228 Å². The van der Waals surface area contributed by atoms with Crippen molar-refractivity contribution in [2.45, 2.75) is 55.4 Å². The topological polar surface area (TPSA) is 212 Å². The van der Waals surface area contributed by atoms with Gasteiger partial charge in [0.25, 0.3) is 0 Å². The van der Waals surface area contributed by atoms with Crippen LogP contribution in [-0.2, 0) is 0 Å². The van der Waals surface area contributed by atoms with Gasteiger partial charge in [-0.25, -0.2) is 29.5 Å². The maximum absolute atomic E-state index is 15.2. The molecule has 7 aromatic heterocycles. The van der Waals surface area contributed by atoms with E-state index >= 15 is 9.59 Å². The molecule has 15 aromatic rings. The summed E-state index contributed by atoms with van der Waals surface area (Å²) >= 11 is 0. The van der Waals surface area contributed by atoms with Crippen LogP contribution in [0.2, 0.25) is 0 Å². The first-order valence-corrected chi connectivity index (χ1v) is 37.7. The summed E-state index contributed by atoms with van der Waals surface area (Å²) in [7, 11) is 0. The summed E-state index contributed by atoms with van der Waals surface area (Å²) in [5.41, 5.74) is 29.7. The van der Waals surface area contributed by atoms with E-state index in [0.717, 1.165) is 199 Å². The van der Waals surface area contributed by atoms with E-state index in [9.17, 15) is 0 Å². The predicted molar refractivity (Wildman–Crippen MR) is 468 cm³/mol. The van der Waals surface area contributed by atoms with E-state index in [4.69, 9.17) is 19.9 Å². The maximum atomic E-state index is 15.2. The second-order valence-corrected chi connectivity index (χ2v) is 29.7. The third-order valence-corrected chi connectivity index (χ3v) is 22.0. The summed E-state index contributed by atoms with van der Waals surface area (Å²) in [5.74, 6) is 0. The lowest BCUT2D eigenvalue weighted by Crippen LogP contribution is -2.07. The van der Waals surface area contributed by atoms with E-state index in [0.29, 0.717) is 44.8 Å². The van der Waals surface area contributed by atoms with Crippen molar-refractivity contribution in [3.63, 3.8) is 0 Å². The Morgan fingerprint density at radius 1 is 0.196 bits per heavy atom. The number of aromatic nitrogens is 12. The Morgan fingerprint density at radius 2 is 0.393 bits per heavy atom. The highest BCUT2D eigenvalue weighted by molar-refractivity contribution is 6.11. The van der Waals surface area contributed by atoms with Crippen LogP contribution in [0.3, 0.4) is 0 Å². The van der Waals surface area contributed by atoms with Crippen LogP contribution >= 0.6 is 0 Å². The molecule has 14 heteroatoms. The Kier molecular flexibility index (Phi) is 16.6. The minimum atomic E-state index is -0.426. The van der Waals surface area contributed by atoms with Gasteiger partial charge in [-0.15, -0.1) is 0 Å². The summed E-state index contributed by atoms with van der Waals surface area (Å²) in [4.78, 5) is 81.7. The van der Waals surface area contributed by atoms with Crippen molar-refractivity contribution in [1.29, 1.82) is 0 Å². The number of benzene rings is 8. The van der Waals surface area contributed by atoms with Gasteiger partial charge in [-0.1, -0.05) is 168 Å². The van der Waals surface area contributed by atoms with Crippen LogP contribution < -0.4 is 11.4 Å². The highest BCUT2D eigenvalue weighted by atomic mass is 16.1. The van der Waals surface area contributed by atoms with Gasteiger partial charge in [0, 0.05) is 110 Å². The third-order valence-electron chi connectivity index (χ3n) is 22.0.